The number of hydrogen-bond donors (Lipinski definition) is 1. The molecule has 1 aliphatic carbocycles. The van der Waals surface area contributed by atoms with E-state index in [0.717, 1.165) is 25.7 Å². The van der Waals surface area contributed by atoms with Gasteiger partial charge < -0.3 is 14.8 Å². The Morgan fingerprint density at radius 3 is 2.47 bits per heavy atom. The average molecular weight is 292 g/mol. The molecule has 0 spiro atoms. The molecule has 19 heavy (non-hydrogen) atoms. The Morgan fingerprint density at radius 1 is 1.21 bits per heavy atom. The second-order valence-corrected chi connectivity index (χ2v) is 5.07. The van der Waals surface area contributed by atoms with E-state index in [1.54, 1.807) is 0 Å². The first-order valence-electron chi connectivity index (χ1n) is 6.80. The summed E-state index contributed by atoms with van der Waals surface area (Å²) in [5, 5.41) is 2.82. The van der Waals surface area contributed by atoms with E-state index >= 15 is 0 Å². The molecular weight excluding hydrogens is 270 g/mol. The molecule has 1 amide bonds. The van der Waals surface area contributed by atoms with Gasteiger partial charge >= 0.3 is 12.1 Å². The molecule has 0 atom stereocenters. The quantitative estimate of drug-likeness (QED) is 0.603. The van der Waals surface area contributed by atoms with Crippen molar-refractivity contribution in [2.24, 2.45) is 5.92 Å². The maximum Gasteiger partial charge on any atom is 0.407 e. The third-order valence-corrected chi connectivity index (χ3v) is 3.39. The van der Waals surface area contributed by atoms with Gasteiger partial charge in [-0.2, -0.15) is 0 Å². The molecule has 1 saturated carbocycles. The summed E-state index contributed by atoms with van der Waals surface area (Å²) in [7, 11) is 0. The Morgan fingerprint density at radius 2 is 1.89 bits per heavy atom. The smallest absolute Gasteiger partial charge is 0.407 e. The number of amides is 1. The lowest BCUT2D eigenvalue weighted by molar-refractivity contribution is -0.144. The molecule has 1 fully saturated rings. The highest BCUT2D eigenvalue weighted by Crippen LogP contribution is 2.27. The molecule has 0 heterocycles. The number of alkyl carbamates (subject to hydrolysis) is 1. The predicted octanol–water partition coefficient (Wildman–Crippen LogP) is 2.46. The summed E-state index contributed by atoms with van der Waals surface area (Å²) in [6.07, 6.45) is 3.69. The van der Waals surface area contributed by atoms with Crippen molar-refractivity contribution in [3.05, 3.63) is 0 Å². The summed E-state index contributed by atoms with van der Waals surface area (Å²) in [4.78, 5) is 22.7. The monoisotopic (exact) mass is 291 g/mol. The zero-order valence-corrected chi connectivity index (χ0v) is 12.1. The molecule has 0 saturated heterocycles. The van der Waals surface area contributed by atoms with E-state index in [4.69, 9.17) is 21.1 Å². The van der Waals surface area contributed by atoms with E-state index < -0.39 is 6.09 Å². The Labute approximate surface area is 119 Å². The van der Waals surface area contributed by atoms with Crippen LogP contribution in [0.2, 0.25) is 0 Å². The van der Waals surface area contributed by atoms with Gasteiger partial charge in [-0.25, -0.2) is 4.79 Å². The van der Waals surface area contributed by atoms with Crippen molar-refractivity contribution in [3.63, 3.8) is 0 Å². The number of rotatable bonds is 6. The van der Waals surface area contributed by atoms with E-state index in [0.29, 0.717) is 24.8 Å². The van der Waals surface area contributed by atoms with Crippen LogP contribution in [-0.2, 0) is 14.3 Å². The molecular formula is C13H22ClNO4. The van der Waals surface area contributed by atoms with Gasteiger partial charge in [0.2, 0.25) is 0 Å². The summed E-state index contributed by atoms with van der Waals surface area (Å²) >= 11 is 5.43. The highest BCUT2D eigenvalue weighted by molar-refractivity contribution is 6.18. The van der Waals surface area contributed by atoms with Crippen molar-refractivity contribution in [1.82, 2.24) is 5.32 Å². The predicted molar refractivity (Wildman–Crippen MR) is 72.2 cm³/mol. The number of halogens is 1. The molecule has 0 aromatic rings. The van der Waals surface area contributed by atoms with Crippen LogP contribution in [0.5, 0.6) is 0 Å². The SMILES string of the molecule is CCOC(=O)CC1CCC(NC(=O)OCCCl)CC1. The molecule has 1 N–H and O–H groups in total. The molecule has 0 aromatic heterocycles. The Kier molecular flexibility index (Phi) is 7.63. The number of ether oxygens (including phenoxy) is 2. The number of alkyl halides is 1. The van der Waals surface area contributed by atoms with Crippen LogP contribution in [0.4, 0.5) is 4.79 Å². The fourth-order valence-electron chi connectivity index (χ4n) is 2.31. The Balaban J connectivity index is 2.18. The lowest BCUT2D eigenvalue weighted by atomic mass is 9.84. The topological polar surface area (TPSA) is 64.6 Å². The van der Waals surface area contributed by atoms with Crippen LogP contribution in [0.15, 0.2) is 0 Å². The number of esters is 1. The van der Waals surface area contributed by atoms with Gasteiger partial charge in [-0.1, -0.05) is 0 Å². The standard InChI is InChI=1S/C13H22ClNO4/c1-2-18-12(16)9-10-3-5-11(6-4-10)15-13(17)19-8-7-14/h10-11H,2-9H2,1H3,(H,15,17). The second kappa shape index (κ2) is 9.02. The van der Waals surface area contributed by atoms with Gasteiger partial charge in [0.05, 0.1) is 12.5 Å². The molecule has 1 aliphatic rings. The van der Waals surface area contributed by atoms with E-state index in [1.165, 1.54) is 0 Å². The molecule has 6 heteroatoms. The van der Waals surface area contributed by atoms with Crippen LogP contribution in [0.25, 0.3) is 0 Å². The third-order valence-electron chi connectivity index (χ3n) is 3.24. The van der Waals surface area contributed by atoms with E-state index in [1.807, 2.05) is 6.92 Å². The summed E-state index contributed by atoms with van der Waals surface area (Å²) in [6, 6.07) is 0.140. The van der Waals surface area contributed by atoms with Gasteiger partial charge in [-0.05, 0) is 38.5 Å². The third kappa shape index (κ3) is 6.66. The maximum absolute atomic E-state index is 11.4. The molecule has 110 valence electrons. The van der Waals surface area contributed by atoms with Gasteiger partial charge in [0.25, 0.3) is 0 Å². The van der Waals surface area contributed by atoms with Crippen molar-refractivity contribution in [2.45, 2.75) is 45.1 Å². The number of hydrogen-bond acceptors (Lipinski definition) is 4. The van der Waals surface area contributed by atoms with Gasteiger partial charge in [-0.3, -0.25) is 4.79 Å². The summed E-state index contributed by atoms with van der Waals surface area (Å²) in [5.74, 6) is 0.552. The minimum absolute atomic E-state index is 0.125. The maximum atomic E-state index is 11.4. The first kappa shape index (κ1) is 16.1. The number of nitrogens with one attached hydrogen (secondary N) is 1. The van der Waals surface area contributed by atoms with Crippen molar-refractivity contribution < 1.29 is 19.1 Å². The fourth-order valence-corrected chi connectivity index (χ4v) is 2.38. The van der Waals surface area contributed by atoms with Crippen molar-refractivity contribution in [3.8, 4) is 0 Å². The molecule has 0 bridgehead atoms. The number of carbonyl (C=O) groups is 2. The zero-order valence-electron chi connectivity index (χ0n) is 11.3. The van der Waals surface area contributed by atoms with E-state index in [2.05, 4.69) is 5.32 Å². The molecule has 0 radical (unpaired) electrons. The second-order valence-electron chi connectivity index (χ2n) is 4.70. The van der Waals surface area contributed by atoms with Gasteiger partial charge in [0.15, 0.2) is 0 Å². The summed E-state index contributed by atoms with van der Waals surface area (Å²) < 4.78 is 9.80. The molecule has 0 aliphatic heterocycles. The number of carbonyl (C=O) groups excluding carboxylic acids is 2. The minimum Gasteiger partial charge on any atom is -0.466 e. The lowest BCUT2D eigenvalue weighted by Gasteiger charge is -2.28. The average Bonchev–Trinajstić information content (AvgIpc) is 2.39. The highest BCUT2D eigenvalue weighted by Gasteiger charge is 2.24. The van der Waals surface area contributed by atoms with Crippen molar-refractivity contribution in [2.75, 3.05) is 19.1 Å². The zero-order chi connectivity index (χ0) is 14.1. The summed E-state index contributed by atoms with van der Waals surface area (Å²) in [6.45, 7) is 2.47. The molecule has 5 nitrogen and oxygen atoms in total. The minimum atomic E-state index is -0.408. The van der Waals surface area contributed by atoms with E-state index in [-0.39, 0.29) is 18.6 Å². The van der Waals surface area contributed by atoms with Crippen LogP contribution in [0, 0.1) is 5.92 Å². The fraction of sp³-hybridized carbons (Fsp3) is 0.846. The summed E-state index contributed by atoms with van der Waals surface area (Å²) in [5.41, 5.74) is 0. The lowest BCUT2D eigenvalue weighted by Crippen LogP contribution is -2.38. The Hall–Kier alpha value is -0.970. The Bertz CT molecular complexity index is 290. The first-order chi connectivity index (χ1) is 9.15. The van der Waals surface area contributed by atoms with Gasteiger partial charge in [0.1, 0.15) is 6.61 Å². The first-order valence-corrected chi connectivity index (χ1v) is 7.34. The largest absolute Gasteiger partial charge is 0.466 e. The van der Waals surface area contributed by atoms with Crippen molar-refractivity contribution in [1.29, 1.82) is 0 Å². The van der Waals surface area contributed by atoms with Crippen LogP contribution in [0.3, 0.4) is 0 Å². The van der Waals surface area contributed by atoms with Crippen LogP contribution in [-0.4, -0.2) is 37.2 Å². The van der Waals surface area contributed by atoms with Crippen LogP contribution >= 0.6 is 11.6 Å². The van der Waals surface area contributed by atoms with E-state index in [9.17, 15) is 9.59 Å². The van der Waals surface area contributed by atoms with Gasteiger partial charge in [0, 0.05) is 12.5 Å². The molecule has 0 aromatic carbocycles. The molecule has 0 unspecified atom stereocenters. The highest BCUT2D eigenvalue weighted by atomic mass is 35.5. The van der Waals surface area contributed by atoms with Crippen molar-refractivity contribution >= 4 is 23.7 Å². The van der Waals surface area contributed by atoms with Gasteiger partial charge in [-0.15, -0.1) is 11.6 Å². The molecule has 1 rings (SSSR count). The van der Waals surface area contributed by atoms with Crippen LogP contribution < -0.4 is 5.32 Å². The van der Waals surface area contributed by atoms with Crippen LogP contribution in [0.1, 0.15) is 39.0 Å². The normalized spacial score (nSPS) is 22.6.